The van der Waals surface area contributed by atoms with Crippen molar-refractivity contribution in [1.82, 2.24) is 24.8 Å². The van der Waals surface area contributed by atoms with E-state index in [4.69, 9.17) is 4.74 Å². The number of hydrogen-bond acceptors (Lipinski definition) is 6. The standard InChI is InChI=1S/C22H19N5O3/c1-15(28)16-10-12-17(13-11-16)19-7-5-9-21(23-19)30-14-18-6-3-4-8-20(18)27-22(29)26(2)24-25-27/h3-13H,14H2,1-2H3. The molecule has 0 unspecified atom stereocenters. The SMILES string of the molecule is CC(=O)c1ccc(-c2cccc(OCc3ccccc3-n3nnn(C)c3=O)n2)cc1. The number of ketones is 1. The van der Waals surface area contributed by atoms with Crippen molar-refractivity contribution in [2.75, 3.05) is 0 Å². The van der Waals surface area contributed by atoms with Gasteiger partial charge >= 0.3 is 5.69 Å². The number of pyridine rings is 1. The van der Waals surface area contributed by atoms with Crippen molar-refractivity contribution in [1.29, 1.82) is 0 Å². The van der Waals surface area contributed by atoms with Crippen LogP contribution in [0, 0.1) is 0 Å². The van der Waals surface area contributed by atoms with E-state index in [1.54, 1.807) is 31.3 Å². The Kier molecular flexibility index (Phi) is 5.21. The number of aromatic nitrogens is 5. The number of benzene rings is 2. The molecule has 4 aromatic rings. The Morgan fingerprint density at radius 3 is 2.43 bits per heavy atom. The van der Waals surface area contributed by atoms with Gasteiger partial charge in [0, 0.05) is 29.8 Å². The number of hydrogen-bond donors (Lipinski definition) is 0. The van der Waals surface area contributed by atoms with Gasteiger partial charge in [-0.05, 0) is 29.5 Å². The van der Waals surface area contributed by atoms with Gasteiger partial charge < -0.3 is 4.74 Å². The summed E-state index contributed by atoms with van der Waals surface area (Å²) in [6.45, 7) is 1.74. The van der Waals surface area contributed by atoms with Crippen LogP contribution in [0.5, 0.6) is 5.88 Å². The van der Waals surface area contributed by atoms with E-state index in [1.165, 1.54) is 16.3 Å². The number of nitrogens with zero attached hydrogens (tertiary/aromatic N) is 5. The summed E-state index contributed by atoms with van der Waals surface area (Å²) < 4.78 is 8.29. The molecule has 2 aromatic carbocycles. The molecule has 150 valence electrons. The maximum atomic E-state index is 12.2. The van der Waals surface area contributed by atoms with Crippen LogP contribution >= 0.6 is 0 Å². The van der Waals surface area contributed by atoms with Gasteiger partial charge in [-0.15, -0.1) is 0 Å². The molecular formula is C22H19N5O3. The van der Waals surface area contributed by atoms with Crippen molar-refractivity contribution in [2.24, 2.45) is 7.05 Å². The largest absolute Gasteiger partial charge is 0.473 e. The minimum Gasteiger partial charge on any atom is -0.473 e. The Morgan fingerprint density at radius 1 is 0.967 bits per heavy atom. The molecule has 0 amide bonds. The second kappa shape index (κ2) is 8.12. The van der Waals surface area contributed by atoms with E-state index in [1.807, 2.05) is 42.5 Å². The fourth-order valence-corrected chi connectivity index (χ4v) is 2.99. The molecule has 0 radical (unpaired) electrons. The highest BCUT2D eigenvalue weighted by molar-refractivity contribution is 5.94. The molecule has 0 spiro atoms. The lowest BCUT2D eigenvalue weighted by Crippen LogP contribution is -2.23. The van der Waals surface area contributed by atoms with Crippen LogP contribution in [0.1, 0.15) is 22.8 Å². The van der Waals surface area contributed by atoms with Crippen molar-refractivity contribution in [3.63, 3.8) is 0 Å². The molecule has 0 aliphatic carbocycles. The van der Waals surface area contributed by atoms with E-state index in [0.29, 0.717) is 17.1 Å². The summed E-state index contributed by atoms with van der Waals surface area (Å²) in [5, 5.41) is 7.65. The summed E-state index contributed by atoms with van der Waals surface area (Å²) in [6, 6.07) is 20.1. The first-order valence-electron chi connectivity index (χ1n) is 9.31. The lowest BCUT2D eigenvalue weighted by molar-refractivity contribution is 0.101. The third kappa shape index (κ3) is 3.88. The predicted octanol–water partition coefficient (Wildman–Crippen LogP) is 2.81. The van der Waals surface area contributed by atoms with Crippen LogP contribution in [0.4, 0.5) is 0 Å². The zero-order valence-corrected chi connectivity index (χ0v) is 16.5. The van der Waals surface area contributed by atoms with Crippen LogP contribution in [0.2, 0.25) is 0 Å². The van der Waals surface area contributed by atoms with Gasteiger partial charge in [-0.2, -0.15) is 9.36 Å². The van der Waals surface area contributed by atoms with Crippen LogP contribution in [-0.2, 0) is 13.7 Å². The fraction of sp³-hybridized carbons (Fsp3) is 0.136. The number of aryl methyl sites for hydroxylation is 1. The zero-order chi connectivity index (χ0) is 21.1. The quantitative estimate of drug-likeness (QED) is 0.462. The smallest absolute Gasteiger partial charge is 0.368 e. The number of tetrazole rings is 1. The van der Waals surface area contributed by atoms with Crippen molar-refractivity contribution < 1.29 is 9.53 Å². The highest BCUT2D eigenvalue weighted by Crippen LogP contribution is 2.22. The second-order valence-corrected chi connectivity index (χ2v) is 6.71. The average Bonchev–Trinajstić information content (AvgIpc) is 3.11. The Hall–Kier alpha value is -4.07. The third-order valence-electron chi connectivity index (χ3n) is 4.63. The first-order valence-corrected chi connectivity index (χ1v) is 9.31. The van der Waals surface area contributed by atoms with Crippen LogP contribution < -0.4 is 10.4 Å². The molecule has 0 aliphatic rings. The molecule has 0 aliphatic heterocycles. The van der Waals surface area contributed by atoms with E-state index >= 15 is 0 Å². The first-order chi connectivity index (χ1) is 14.5. The molecule has 0 atom stereocenters. The molecule has 2 heterocycles. The van der Waals surface area contributed by atoms with Gasteiger partial charge in [0.05, 0.1) is 11.4 Å². The summed E-state index contributed by atoms with van der Waals surface area (Å²) in [7, 11) is 1.54. The molecule has 2 aromatic heterocycles. The first kappa shape index (κ1) is 19.3. The molecule has 4 rings (SSSR count). The van der Waals surface area contributed by atoms with Crippen molar-refractivity contribution in [3.8, 4) is 22.8 Å². The van der Waals surface area contributed by atoms with Crippen molar-refractivity contribution >= 4 is 5.78 Å². The highest BCUT2D eigenvalue weighted by atomic mass is 16.5. The molecule has 30 heavy (non-hydrogen) atoms. The number of carbonyl (C=O) groups excluding carboxylic acids is 1. The van der Waals surface area contributed by atoms with Crippen molar-refractivity contribution in [2.45, 2.75) is 13.5 Å². The Balaban J connectivity index is 1.56. The zero-order valence-electron chi connectivity index (χ0n) is 16.5. The van der Waals surface area contributed by atoms with Gasteiger partial charge in [-0.25, -0.2) is 9.78 Å². The number of rotatable bonds is 6. The lowest BCUT2D eigenvalue weighted by atomic mass is 10.1. The highest BCUT2D eigenvalue weighted by Gasteiger charge is 2.11. The summed E-state index contributed by atoms with van der Waals surface area (Å²) in [5.74, 6) is 0.469. The predicted molar refractivity (Wildman–Crippen MR) is 111 cm³/mol. The molecule has 0 fully saturated rings. The van der Waals surface area contributed by atoms with Gasteiger partial charge in [0.2, 0.25) is 5.88 Å². The fourth-order valence-electron chi connectivity index (χ4n) is 2.99. The number of carbonyl (C=O) groups is 1. The maximum Gasteiger partial charge on any atom is 0.368 e. The Morgan fingerprint density at radius 2 is 1.73 bits per heavy atom. The van der Waals surface area contributed by atoms with Crippen LogP contribution in [-0.4, -0.2) is 30.6 Å². The van der Waals surface area contributed by atoms with Crippen LogP contribution in [0.15, 0.2) is 71.5 Å². The van der Waals surface area contributed by atoms with E-state index < -0.39 is 0 Å². The number of ether oxygens (including phenoxy) is 1. The third-order valence-corrected chi connectivity index (χ3v) is 4.63. The lowest BCUT2D eigenvalue weighted by Gasteiger charge is -2.10. The van der Waals surface area contributed by atoms with Crippen LogP contribution in [0.3, 0.4) is 0 Å². The molecule has 8 heteroatoms. The Bertz CT molecular complexity index is 1260. The van der Waals surface area contributed by atoms with Gasteiger partial charge in [0.1, 0.15) is 6.61 Å². The van der Waals surface area contributed by atoms with Gasteiger partial charge in [0.25, 0.3) is 0 Å². The number of para-hydroxylation sites is 1. The Labute approximate surface area is 172 Å². The monoisotopic (exact) mass is 401 g/mol. The van der Waals surface area contributed by atoms with E-state index in [2.05, 4.69) is 15.4 Å². The maximum absolute atomic E-state index is 12.2. The number of Topliss-reactive ketones (excluding diaryl/α,β-unsaturated/α-hetero) is 1. The average molecular weight is 401 g/mol. The van der Waals surface area contributed by atoms with Gasteiger partial charge in [0.15, 0.2) is 5.78 Å². The van der Waals surface area contributed by atoms with Gasteiger partial charge in [-0.3, -0.25) is 4.79 Å². The van der Waals surface area contributed by atoms with E-state index in [9.17, 15) is 9.59 Å². The molecule has 0 bridgehead atoms. The molecule has 0 saturated carbocycles. The van der Waals surface area contributed by atoms with Crippen LogP contribution in [0.25, 0.3) is 16.9 Å². The normalized spacial score (nSPS) is 10.7. The molecule has 8 nitrogen and oxygen atoms in total. The van der Waals surface area contributed by atoms with E-state index in [-0.39, 0.29) is 18.1 Å². The van der Waals surface area contributed by atoms with E-state index in [0.717, 1.165) is 16.8 Å². The molecular weight excluding hydrogens is 382 g/mol. The van der Waals surface area contributed by atoms with Crippen molar-refractivity contribution in [3.05, 3.63) is 88.3 Å². The van der Waals surface area contributed by atoms with Gasteiger partial charge in [-0.1, -0.05) is 48.5 Å². The minimum absolute atomic E-state index is 0.0208. The molecule has 0 saturated heterocycles. The minimum atomic E-state index is -0.336. The summed E-state index contributed by atoms with van der Waals surface area (Å²) in [5.41, 5.74) is 3.32. The summed E-state index contributed by atoms with van der Waals surface area (Å²) in [4.78, 5) is 28.2. The summed E-state index contributed by atoms with van der Waals surface area (Å²) >= 11 is 0. The molecule has 0 N–H and O–H groups in total. The topological polar surface area (TPSA) is 91.9 Å². The second-order valence-electron chi connectivity index (χ2n) is 6.71. The summed E-state index contributed by atoms with van der Waals surface area (Å²) in [6.07, 6.45) is 0.